The topological polar surface area (TPSA) is 71.0 Å². The van der Waals surface area contributed by atoms with Gasteiger partial charge in [-0.05, 0) is 42.8 Å². The van der Waals surface area contributed by atoms with E-state index in [0.29, 0.717) is 6.54 Å². The Bertz CT molecular complexity index is 1270. The van der Waals surface area contributed by atoms with E-state index in [1.807, 2.05) is 54.9 Å². The molecule has 1 aliphatic rings. The van der Waals surface area contributed by atoms with Crippen LogP contribution in [0.2, 0.25) is 0 Å². The Hall–Kier alpha value is -3.54. The van der Waals surface area contributed by atoms with Crippen LogP contribution in [0.15, 0.2) is 67.0 Å². The minimum absolute atomic E-state index is 0.142. The van der Waals surface area contributed by atoms with Crippen molar-refractivity contribution in [1.29, 1.82) is 0 Å². The quantitative estimate of drug-likeness (QED) is 0.464. The molecule has 5 rings (SSSR count). The van der Waals surface area contributed by atoms with Crippen molar-refractivity contribution in [3.05, 3.63) is 72.7 Å². The number of hydrogen-bond donors (Lipinski definition) is 1. The number of hydrogen-bond acceptors (Lipinski definition) is 5. The molecule has 0 aliphatic carbocycles. The van der Waals surface area contributed by atoms with Gasteiger partial charge in [0, 0.05) is 24.7 Å². The highest BCUT2D eigenvalue weighted by molar-refractivity contribution is 5.86. The third-order valence-corrected chi connectivity index (χ3v) is 6.86. The third-order valence-electron chi connectivity index (χ3n) is 6.86. The maximum absolute atomic E-state index is 13.5. The Morgan fingerprint density at radius 2 is 1.76 bits per heavy atom. The molecular formula is C27H29N5O. The van der Waals surface area contributed by atoms with Crippen LogP contribution in [-0.4, -0.2) is 33.9 Å². The maximum Gasteiger partial charge on any atom is 0.226 e. The number of aromatic nitrogens is 3. The van der Waals surface area contributed by atoms with Gasteiger partial charge in [0.25, 0.3) is 0 Å². The summed E-state index contributed by atoms with van der Waals surface area (Å²) in [7, 11) is 0. The first-order valence-corrected chi connectivity index (χ1v) is 11.8. The van der Waals surface area contributed by atoms with E-state index in [1.165, 1.54) is 0 Å². The lowest BCUT2D eigenvalue weighted by molar-refractivity contribution is -0.133. The SMILES string of the molecule is CCCC1(C(=O)NCc2nccc3ccccc23)CCN(c2cnc3ccccc3n2)CC1. The van der Waals surface area contributed by atoms with Crippen LogP contribution >= 0.6 is 0 Å². The molecular weight excluding hydrogens is 410 g/mol. The lowest BCUT2D eigenvalue weighted by atomic mass is 9.74. The molecule has 0 unspecified atom stereocenters. The van der Waals surface area contributed by atoms with Crippen molar-refractivity contribution in [2.24, 2.45) is 5.41 Å². The van der Waals surface area contributed by atoms with Gasteiger partial charge in [-0.25, -0.2) is 4.98 Å². The van der Waals surface area contributed by atoms with Gasteiger partial charge in [-0.3, -0.25) is 14.8 Å². The molecule has 1 amide bonds. The van der Waals surface area contributed by atoms with E-state index in [-0.39, 0.29) is 11.3 Å². The Labute approximate surface area is 194 Å². The summed E-state index contributed by atoms with van der Waals surface area (Å²) in [6, 6.07) is 18.1. The smallest absolute Gasteiger partial charge is 0.226 e. The second-order valence-electron chi connectivity index (χ2n) is 8.90. The van der Waals surface area contributed by atoms with Crippen LogP contribution in [0.25, 0.3) is 21.8 Å². The molecule has 0 saturated carbocycles. The number of pyridine rings is 1. The molecule has 0 spiro atoms. The van der Waals surface area contributed by atoms with Gasteiger partial charge in [0.05, 0.1) is 34.9 Å². The lowest BCUT2D eigenvalue weighted by Gasteiger charge is -2.41. The van der Waals surface area contributed by atoms with Crippen LogP contribution in [-0.2, 0) is 11.3 Å². The van der Waals surface area contributed by atoms with Crippen LogP contribution in [0.1, 0.15) is 38.3 Å². The average molecular weight is 440 g/mol. The van der Waals surface area contributed by atoms with Crippen LogP contribution in [0.3, 0.4) is 0 Å². The van der Waals surface area contributed by atoms with E-state index in [1.54, 1.807) is 0 Å². The largest absolute Gasteiger partial charge is 0.355 e. The highest BCUT2D eigenvalue weighted by atomic mass is 16.2. The molecule has 0 bridgehead atoms. The second kappa shape index (κ2) is 9.14. The van der Waals surface area contributed by atoms with Gasteiger partial charge in [-0.15, -0.1) is 0 Å². The molecule has 33 heavy (non-hydrogen) atoms. The number of fused-ring (bicyclic) bond motifs is 2. The van der Waals surface area contributed by atoms with E-state index >= 15 is 0 Å². The van der Waals surface area contributed by atoms with Gasteiger partial charge in [0.2, 0.25) is 5.91 Å². The average Bonchev–Trinajstić information content (AvgIpc) is 2.87. The minimum Gasteiger partial charge on any atom is -0.355 e. The number of rotatable bonds is 6. The predicted molar refractivity (Wildman–Crippen MR) is 132 cm³/mol. The van der Waals surface area contributed by atoms with Crippen LogP contribution in [0.5, 0.6) is 0 Å². The van der Waals surface area contributed by atoms with Crippen LogP contribution in [0.4, 0.5) is 5.82 Å². The second-order valence-corrected chi connectivity index (χ2v) is 8.90. The summed E-state index contributed by atoms with van der Waals surface area (Å²) in [4.78, 5) is 29.6. The summed E-state index contributed by atoms with van der Waals surface area (Å²) >= 11 is 0. The van der Waals surface area contributed by atoms with Gasteiger partial charge in [0.15, 0.2) is 0 Å². The summed E-state index contributed by atoms with van der Waals surface area (Å²) in [6.07, 6.45) is 7.15. The van der Waals surface area contributed by atoms with Gasteiger partial charge in [-0.1, -0.05) is 49.7 Å². The number of anilines is 1. The number of carbonyl (C=O) groups excluding carboxylic acids is 1. The Balaban J connectivity index is 1.29. The molecule has 4 aromatic rings. The number of piperidine rings is 1. The maximum atomic E-state index is 13.5. The number of benzene rings is 2. The normalized spacial score (nSPS) is 15.6. The number of nitrogens with zero attached hydrogens (tertiary/aromatic N) is 4. The first kappa shape index (κ1) is 21.3. The van der Waals surface area contributed by atoms with Gasteiger partial charge in [-0.2, -0.15) is 0 Å². The zero-order chi connectivity index (χ0) is 22.7. The van der Waals surface area contributed by atoms with Crippen molar-refractivity contribution in [3.63, 3.8) is 0 Å². The Morgan fingerprint density at radius 1 is 1.00 bits per heavy atom. The standard InChI is InChI=1S/C27H29N5O/c1-2-12-27(26(33)30-18-24-21-8-4-3-7-20(21)11-15-28-24)13-16-32(17-14-27)25-19-29-22-9-5-6-10-23(22)31-25/h3-11,15,19H,2,12-14,16-18H2,1H3,(H,30,33). The first-order chi connectivity index (χ1) is 16.2. The lowest BCUT2D eigenvalue weighted by Crippen LogP contribution is -2.49. The fraction of sp³-hybridized carbons (Fsp3) is 0.333. The fourth-order valence-corrected chi connectivity index (χ4v) is 5.01. The zero-order valence-electron chi connectivity index (χ0n) is 19.0. The summed E-state index contributed by atoms with van der Waals surface area (Å²) < 4.78 is 0. The van der Waals surface area contributed by atoms with E-state index in [0.717, 1.165) is 72.1 Å². The van der Waals surface area contributed by atoms with Crippen molar-refractivity contribution < 1.29 is 4.79 Å². The van der Waals surface area contributed by atoms with Gasteiger partial charge in [0.1, 0.15) is 5.82 Å². The highest BCUT2D eigenvalue weighted by Gasteiger charge is 2.40. The van der Waals surface area contributed by atoms with Crippen molar-refractivity contribution in [3.8, 4) is 0 Å². The molecule has 0 atom stereocenters. The van der Waals surface area contributed by atoms with Crippen molar-refractivity contribution in [1.82, 2.24) is 20.3 Å². The molecule has 1 saturated heterocycles. The molecule has 6 heteroatoms. The van der Waals surface area contributed by atoms with Crippen molar-refractivity contribution in [2.75, 3.05) is 18.0 Å². The molecule has 1 N–H and O–H groups in total. The molecule has 2 aromatic carbocycles. The summed E-state index contributed by atoms with van der Waals surface area (Å²) in [6.45, 7) is 4.20. The number of nitrogens with one attached hydrogen (secondary N) is 1. The van der Waals surface area contributed by atoms with Crippen LogP contribution in [0, 0.1) is 5.41 Å². The summed E-state index contributed by atoms with van der Waals surface area (Å²) in [5.41, 5.74) is 2.37. The van der Waals surface area contributed by atoms with Gasteiger partial charge >= 0.3 is 0 Å². The molecule has 1 aliphatic heterocycles. The fourth-order valence-electron chi connectivity index (χ4n) is 5.01. The van der Waals surface area contributed by atoms with E-state index < -0.39 is 0 Å². The molecule has 3 heterocycles. The monoisotopic (exact) mass is 439 g/mol. The number of amides is 1. The predicted octanol–water partition coefficient (Wildman–Crippen LogP) is 4.88. The Morgan fingerprint density at radius 3 is 2.58 bits per heavy atom. The first-order valence-electron chi connectivity index (χ1n) is 11.8. The number of carbonyl (C=O) groups is 1. The summed E-state index contributed by atoms with van der Waals surface area (Å²) in [5.74, 6) is 1.03. The van der Waals surface area contributed by atoms with Crippen molar-refractivity contribution >= 4 is 33.5 Å². The van der Waals surface area contributed by atoms with E-state index in [4.69, 9.17) is 4.98 Å². The van der Waals surface area contributed by atoms with Gasteiger partial charge < -0.3 is 10.2 Å². The molecule has 168 valence electrons. The van der Waals surface area contributed by atoms with E-state index in [9.17, 15) is 4.79 Å². The van der Waals surface area contributed by atoms with E-state index in [2.05, 4.69) is 39.2 Å². The third kappa shape index (κ3) is 4.25. The highest BCUT2D eigenvalue weighted by Crippen LogP contribution is 2.38. The molecule has 1 fully saturated rings. The summed E-state index contributed by atoms with van der Waals surface area (Å²) in [5, 5.41) is 5.45. The zero-order valence-corrected chi connectivity index (χ0v) is 19.0. The number of para-hydroxylation sites is 2. The van der Waals surface area contributed by atoms with Crippen molar-refractivity contribution in [2.45, 2.75) is 39.2 Å². The minimum atomic E-state index is -0.347. The molecule has 2 aromatic heterocycles. The molecule has 6 nitrogen and oxygen atoms in total. The van der Waals surface area contributed by atoms with Crippen LogP contribution < -0.4 is 10.2 Å². The Kier molecular flexibility index (Phi) is 5.90. The molecule has 0 radical (unpaired) electrons.